The average Bonchev–Trinajstić information content (AvgIpc) is 2.58. The molecule has 0 saturated heterocycles. The summed E-state index contributed by atoms with van der Waals surface area (Å²) in [5.41, 5.74) is 1.37. The summed E-state index contributed by atoms with van der Waals surface area (Å²) in [4.78, 5) is 0. The molecule has 4 heteroatoms. The third-order valence-electron chi connectivity index (χ3n) is 2.01. The number of unbranched alkanes of at least 4 members (excludes halogenated alkanes) is 1. The summed E-state index contributed by atoms with van der Waals surface area (Å²) in [7, 11) is 0. The molecule has 1 heterocycles. The third kappa shape index (κ3) is 2.19. The number of nitriles is 1. The van der Waals surface area contributed by atoms with Gasteiger partial charge in [-0.1, -0.05) is 24.6 Å². The first-order chi connectivity index (χ1) is 6.83. The highest BCUT2D eigenvalue weighted by Crippen LogP contribution is 2.08. The van der Waals surface area contributed by atoms with Crippen molar-refractivity contribution in [2.75, 3.05) is 0 Å². The molecule has 0 aromatic carbocycles. The van der Waals surface area contributed by atoms with Gasteiger partial charge in [0.2, 0.25) is 0 Å². The van der Waals surface area contributed by atoms with Crippen molar-refractivity contribution in [3.63, 3.8) is 0 Å². The molecule has 0 saturated carbocycles. The molecule has 1 rings (SSSR count). The molecular formula is C10H14N4. The molecule has 0 aliphatic carbocycles. The summed E-state index contributed by atoms with van der Waals surface area (Å²) in [5.74, 6) is 0. The summed E-state index contributed by atoms with van der Waals surface area (Å²) in [5, 5.41) is 16.5. The van der Waals surface area contributed by atoms with E-state index in [1.165, 1.54) is 0 Å². The van der Waals surface area contributed by atoms with Gasteiger partial charge >= 0.3 is 0 Å². The van der Waals surface area contributed by atoms with Crippen LogP contribution in [0, 0.1) is 11.3 Å². The van der Waals surface area contributed by atoms with Crippen LogP contribution in [-0.2, 0) is 13.0 Å². The van der Waals surface area contributed by atoms with Crippen LogP contribution in [0.15, 0.2) is 12.7 Å². The van der Waals surface area contributed by atoms with Gasteiger partial charge in [-0.05, 0) is 12.8 Å². The lowest BCUT2D eigenvalue weighted by atomic mass is 10.2. The minimum atomic E-state index is 0.445. The van der Waals surface area contributed by atoms with E-state index < -0.39 is 0 Å². The second kappa shape index (κ2) is 5.18. The van der Waals surface area contributed by atoms with Crippen LogP contribution in [0.5, 0.6) is 0 Å². The predicted octanol–water partition coefficient (Wildman–Crippen LogP) is 1.68. The molecule has 0 atom stereocenters. The normalized spacial score (nSPS) is 9.71. The maximum Gasteiger partial charge on any atom is 0.185 e. The molecule has 0 spiro atoms. The van der Waals surface area contributed by atoms with Crippen LogP contribution in [-0.4, -0.2) is 15.0 Å². The minimum absolute atomic E-state index is 0.445. The molecule has 0 N–H and O–H groups in total. The molecule has 0 aliphatic heterocycles. The standard InChI is InChI=1S/C10H14N4/c1-3-5-6-10-9(8-11)12-13-14(10)7-4-2/h4H,2-3,5-7H2,1H3. The quantitative estimate of drug-likeness (QED) is 0.664. The average molecular weight is 190 g/mol. The molecule has 14 heavy (non-hydrogen) atoms. The minimum Gasteiger partial charge on any atom is -0.244 e. The summed E-state index contributed by atoms with van der Waals surface area (Å²) < 4.78 is 1.74. The monoisotopic (exact) mass is 190 g/mol. The highest BCUT2D eigenvalue weighted by molar-refractivity contribution is 5.24. The van der Waals surface area contributed by atoms with E-state index in [0.29, 0.717) is 12.2 Å². The first kappa shape index (κ1) is 10.5. The smallest absolute Gasteiger partial charge is 0.185 e. The van der Waals surface area contributed by atoms with E-state index in [1.807, 2.05) is 0 Å². The number of rotatable bonds is 5. The van der Waals surface area contributed by atoms with Crippen molar-refractivity contribution < 1.29 is 0 Å². The van der Waals surface area contributed by atoms with Gasteiger partial charge in [0.05, 0.1) is 12.2 Å². The number of nitrogens with zero attached hydrogens (tertiary/aromatic N) is 4. The van der Waals surface area contributed by atoms with Crippen LogP contribution in [0.4, 0.5) is 0 Å². The lowest BCUT2D eigenvalue weighted by Gasteiger charge is -2.01. The van der Waals surface area contributed by atoms with Crippen LogP contribution < -0.4 is 0 Å². The van der Waals surface area contributed by atoms with Crippen molar-refractivity contribution in [3.8, 4) is 6.07 Å². The fraction of sp³-hybridized carbons (Fsp3) is 0.500. The molecule has 0 amide bonds. The van der Waals surface area contributed by atoms with Gasteiger partial charge in [-0.2, -0.15) is 5.26 Å². The van der Waals surface area contributed by atoms with E-state index in [0.717, 1.165) is 25.0 Å². The molecule has 0 radical (unpaired) electrons. The molecule has 0 aliphatic rings. The Bertz CT molecular complexity index is 345. The Hall–Kier alpha value is -1.63. The first-order valence-electron chi connectivity index (χ1n) is 4.76. The molecule has 4 nitrogen and oxygen atoms in total. The maximum atomic E-state index is 8.81. The number of aromatic nitrogens is 3. The molecule has 0 bridgehead atoms. The van der Waals surface area contributed by atoms with Crippen molar-refractivity contribution in [2.45, 2.75) is 32.7 Å². The second-order valence-corrected chi connectivity index (χ2v) is 3.07. The van der Waals surface area contributed by atoms with Crippen molar-refractivity contribution in [2.24, 2.45) is 0 Å². The Labute approximate surface area is 83.8 Å². The molecule has 1 aromatic rings. The zero-order valence-electron chi connectivity index (χ0n) is 8.40. The summed E-state index contributed by atoms with van der Waals surface area (Å²) >= 11 is 0. The van der Waals surface area contributed by atoms with E-state index in [9.17, 15) is 0 Å². The summed E-state index contributed by atoms with van der Waals surface area (Å²) in [6.45, 7) is 6.38. The molecular weight excluding hydrogens is 176 g/mol. The van der Waals surface area contributed by atoms with E-state index in [2.05, 4.69) is 29.9 Å². The third-order valence-corrected chi connectivity index (χ3v) is 2.01. The molecule has 0 unspecified atom stereocenters. The van der Waals surface area contributed by atoms with Crippen LogP contribution in [0.25, 0.3) is 0 Å². The van der Waals surface area contributed by atoms with Gasteiger partial charge in [0.15, 0.2) is 5.69 Å². The van der Waals surface area contributed by atoms with Crippen LogP contribution in [0.3, 0.4) is 0 Å². The fourth-order valence-electron chi connectivity index (χ4n) is 1.28. The number of hydrogen-bond acceptors (Lipinski definition) is 3. The lowest BCUT2D eigenvalue weighted by Crippen LogP contribution is -2.04. The van der Waals surface area contributed by atoms with Gasteiger partial charge in [0, 0.05) is 0 Å². The highest BCUT2D eigenvalue weighted by atomic mass is 15.4. The topological polar surface area (TPSA) is 54.5 Å². The van der Waals surface area contributed by atoms with Gasteiger partial charge in [-0.25, -0.2) is 4.68 Å². The van der Waals surface area contributed by atoms with Gasteiger partial charge in [0.25, 0.3) is 0 Å². The Morgan fingerprint density at radius 1 is 1.64 bits per heavy atom. The van der Waals surface area contributed by atoms with E-state index in [1.54, 1.807) is 10.8 Å². The second-order valence-electron chi connectivity index (χ2n) is 3.07. The van der Waals surface area contributed by atoms with E-state index in [-0.39, 0.29) is 0 Å². The largest absolute Gasteiger partial charge is 0.244 e. The van der Waals surface area contributed by atoms with Crippen LogP contribution in [0.2, 0.25) is 0 Å². The fourth-order valence-corrected chi connectivity index (χ4v) is 1.28. The Morgan fingerprint density at radius 3 is 3.00 bits per heavy atom. The number of hydrogen-bond donors (Lipinski definition) is 0. The van der Waals surface area contributed by atoms with Gasteiger partial charge in [0.1, 0.15) is 6.07 Å². The van der Waals surface area contributed by atoms with Crippen molar-refractivity contribution in [1.82, 2.24) is 15.0 Å². The van der Waals surface area contributed by atoms with Gasteiger partial charge < -0.3 is 0 Å². The van der Waals surface area contributed by atoms with E-state index >= 15 is 0 Å². The van der Waals surface area contributed by atoms with Gasteiger partial charge in [-0.15, -0.1) is 11.7 Å². The Kier molecular flexibility index (Phi) is 3.86. The summed E-state index contributed by atoms with van der Waals surface area (Å²) in [6, 6.07) is 2.05. The maximum absolute atomic E-state index is 8.81. The number of allylic oxidation sites excluding steroid dienone is 1. The highest BCUT2D eigenvalue weighted by Gasteiger charge is 2.10. The SMILES string of the molecule is C=CCn1nnc(C#N)c1CCCC. The molecule has 0 fully saturated rings. The molecule has 1 aromatic heterocycles. The van der Waals surface area contributed by atoms with Crippen LogP contribution >= 0.6 is 0 Å². The van der Waals surface area contributed by atoms with E-state index in [4.69, 9.17) is 5.26 Å². The summed E-state index contributed by atoms with van der Waals surface area (Å²) in [6.07, 6.45) is 4.77. The van der Waals surface area contributed by atoms with Crippen molar-refractivity contribution >= 4 is 0 Å². The lowest BCUT2D eigenvalue weighted by molar-refractivity contribution is 0.615. The zero-order chi connectivity index (χ0) is 10.4. The Balaban J connectivity index is 2.88. The first-order valence-corrected chi connectivity index (χ1v) is 4.76. The van der Waals surface area contributed by atoms with Crippen LogP contribution in [0.1, 0.15) is 31.2 Å². The van der Waals surface area contributed by atoms with Crippen molar-refractivity contribution in [1.29, 1.82) is 5.26 Å². The predicted molar refractivity (Wildman–Crippen MR) is 53.5 cm³/mol. The van der Waals surface area contributed by atoms with Gasteiger partial charge in [-0.3, -0.25) is 0 Å². The zero-order valence-corrected chi connectivity index (χ0v) is 8.40. The molecule has 74 valence electrons. The van der Waals surface area contributed by atoms with Crippen molar-refractivity contribution in [3.05, 3.63) is 24.0 Å². The Morgan fingerprint density at radius 2 is 2.43 bits per heavy atom.